The molecule has 9 nitrogen and oxygen atoms in total. The van der Waals surface area contributed by atoms with E-state index in [-0.39, 0.29) is 27.7 Å². The van der Waals surface area contributed by atoms with Gasteiger partial charge in [0.1, 0.15) is 0 Å². The first-order valence-corrected chi connectivity index (χ1v) is 17.0. The molecule has 2 N–H and O–H groups in total. The van der Waals surface area contributed by atoms with Crippen molar-refractivity contribution < 1.29 is 22.0 Å². The Morgan fingerprint density at radius 2 is 1.43 bits per heavy atom. The van der Waals surface area contributed by atoms with Crippen LogP contribution in [0.25, 0.3) is 16.6 Å². The second kappa shape index (κ2) is 18.8. The van der Waals surface area contributed by atoms with Crippen molar-refractivity contribution in [2.24, 2.45) is 0 Å². The molecule has 3 heterocycles. The molecule has 3 fully saturated rings. The van der Waals surface area contributed by atoms with Crippen molar-refractivity contribution >= 4 is 28.1 Å². The Bertz CT molecular complexity index is 1600. The van der Waals surface area contributed by atoms with Crippen LogP contribution in [0, 0.1) is 80.7 Å². The van der Waals surface area contributed by atoms with Crippen LogP contribution in [0.15, 0.2) is 54.7 Å². The van der Waals surface area contributed by atoms with Gasteiger partial charge in [0.25, 0.3) is 5.69 Å². The first-order chi connectivity index (χ1) is 23.6. The van der Waals surface area contributed by atoms with E-state index < -0.39 is 0 Å². The zero-order chi connectivity index (χ0) is 33.1. The van der Waals surface area contributed by atoms with E-state index >= 15 is 0 Å². The number of hydrogen-bond donors (Lipinski definition) is 2. The second-order valence-corrected chi connectivity index (χ2v) is 12.4. The average molecular weight is 700 g/mol. The number of hydrogen-bond acceptors (Lipinski definition) is 7. The summed E-state index contributed by atoms with van der Waals surface area (Å²) in [6.07, 6.45) is 23.0. The third-order valence-electron chi connectivity index (χ3n) is 9.01. The van der Waals surface area contributed by atoms with Gasteiger partial charge in [-0.2, -0.15) is 0 Å². The Morgan fingerprint density at radius 3 is 2.06 bits per heavy atom. The molecule has 10 heteroatoms. The molecule has 2 aromatic carbocycles. The van der Waals surface area contributed by atoms with E-state index in [2.05, 4.69) is 87.9 Å². The Kier molecular flexibility index (Phi) is 14.3. The summed E-state index contributed by atoms with van der Waals surface area (Å²) < 4.78 is 2.30. The zero-order valence-electron chi connectivity index (χ0n) is 28.1. The molecule has 0 atom stereocenters. The summed E-state index contributed by atoms with van der Waals surface area (Å²) in [6, 6.07) is 15.1. The quantitative estimate of drug-likeness (QED) is 0.0758. The first kappa shape index (κ1) is 37.2. The number of benzene rings is 2. The molecule has 1 saturated heterocycles. The van der Waals surface area contributed by atoms with Crippen LogP contribution in [-0.4, -0.2) is 76.5 Å². The molecule has 2 aromatic heterocycles. The molecule has 0 bridgehead atoms. The fourth-order valence-electron chi connectivity index (χ4n) is 6.48. The SMILES string of the molecule is Cc1cn2c(c(NCCCN3CCN(CCCNCc4ccc([N+](=O)[O-])cc4)CC3)nc3ccccc32)c1[C]1[CH][CH][CH][CH]1.[CH]1[CH][CH][CH][CH]1.[Fe+2]. The summed E-state index contributed by atoms with van der Waals surface area (Å²) in [4.78, 5) is 20.6. The van der Waals surface area contributed by atoms with Gasteiger partial charge in [-0.1, -0.05) is 24.3 Å². The summed E-state index contributed by atoms with van der Waals surface area (Å²) in [7, 11) is 0. The van der Waals surface area contributed by atoms with Gasteiger partial charge in [-0.15, -0.1) is 0 Å². The summed E-state index contributed by atoms with van der Waals surface area (Å²) in [5.74, 6) is 2.19. The number of nitrogens with zero attached hydrogens (tertiary/aromatic N) is 5. The molecule has 7 rings (SSSR count). The van der Waals surface area contributed by atoms with Crippen molar-refractivity contribution in [3.8, 4) is 0 Å². The molecule has 1 aliphatic heterocycles. The van der Waals surface area contributed by atoms with E-state index in [0.717, 1.165) is 99.7 Å². The summed E-state index contributed by atoms with van der Waals surface area (Å²) >= 11 is 0. The molecule has 0 amide bonds. The zero-order valence-corrected chi connectivity index (χ0v) is 29.2. The monoisotopic (exact) mass is 699 g/mol. The van der Waals surface area contributed by atoms with E-state index in [1.54, 1.807) is 12.1 Å². The molecule has 4 aromatic rings. The number of nitrogens with one attached hydrogen (secondary N) is 2. The van der Waals surface area contributed by atoms with E-state index in [1.807, 2.05) is 44.2 Å². The van der Waals surface area contributed by atoms with Crippen molar-refractivity contribution in [2.45, 2.75) is 26.3 Å². The van der Waals surface area contributed by atoms with E-state index in [1.165, 1.54) is 17.0 Å². The van der Waals surface area contributed by atoms with E-state index in [0.29, 0.717) is 0 Å². The van der Waals surface area contributed by atoms with Crippen molar-refractivity contribution in [1.82, 2.24) is 24.5 Å². The van der Waals surface area contributed by atoms with Crippen LogP contribution < -0.4 is 10.6 Å². The summed E-state index contributed by atoms with van der Waals surface area (Å²) in [5, 5.41) is 18.0. The number of nitro groups is 1. The molecule has 49 heavy (non-hydrogen) atoms. The smallest absolute Gasteiger partial charge is 0.368 e. The van der Waals surface area contributed by atoms with Crippen molar-refractivity contribution in [2.75, 3.05) is 57.7 Å². The molecule has 0 spiro atoms. The van der Waals surface area contributed by atoms with Gasteiger partial charge in [0.05, 0.1) is 21.5 Å². The van der Waals surface area contributed by atoms with Gasteiger partial charge in [0.2, 0.25) is 0 Å². The largest absolute Gasteiger partial charge is 2.00 e. The van der Waals surface area contributed by atoms with Gasteiger partial charge < -0.3 is 24.8 Å². The minimum atomic E-state index is -0.361. The van der Waals surface area contributed by atoms with Crippen molar-refractivity contribution in [1.29, 1.82) is 0 Å². The number of nitro benzene ring substituents is 1. The molecule has 254 valence electrons. The Morgan fingerprint density at radius 1 is 0.816 bits per heavy atom. The maximum atomic E-state index is 10.8. The standard InChI is InChI=1S/C34H40N7O2.C5H5.Fe/c1-26-25-40-31-11-5-4-10-30(31)37-34(33(40)32(26)28-8-2-3-9-28)36-17-7-19-39-22-20-38(21-23-39)18-6-16-35-24-27-12-14-29(15-13-27)41(42)43;1-2-4-5-3-1;/h2-5,8-15,25,35H,6-7,16-24H2,1H3,(H,36,37);1-5H;/q;;+2. The molecular weight excluding hydrogens is 654 g/mol. The normalized spacial score (nSPS) is 17.2. The van der Waals surface area contributed by atoms with Gasteiger partial charge in [0.15, 0.2) is 5.82 Å². The third-order valence-corrected chi connectivity index (χ3v) is 9.01. The predicted octanol–water partition coefficient (Wildman–Crippen LogP) is 6.08. The van der Waals surface area contributed by atoms with E-state index in [4.69, 9.17) is 4.98 Å². The van der Waals surface area contributed by atoms with Crippen LogP contribution in [-0.2, 0) is 23.6 Å². The van der Waals surface area contributed by atoms with Gasteiger partial charge in [0, 0.05) is 63.5 Å². The maximum absolute atomic E-state index is 10.8. The number of piperazine rings is 1. The average Bonchev–Trinajstić information content (AvgIpc) is 3.91. The number of anilines is 1. The van der Waals surface area contributed by atoms with Gasteiger partial charge in [-0.05, 0) is 126 Å². The van der Waals surface area contributed by atoms with Crippen LogP contribution in [0.1, 0.15) is 29.5 Å². The summed E-state index contributed by atoms with van der Waals surface area (Å²) in [6.45, 7) is 11.3. The maximum Gasteiger partial charge on any atom is 2.00 e. The number of non-ortho nitro benzene ring substituents is 1. The van der Waals surface area contributed by atoms with Gasteiger partial charge in [-0.25, -0.2) is 4.98 Å². The second-order valence-electron chi connectivity index (χ2n) is 12.4. The predicted molar refractivity (Wildman–Crippen MR) is 194 cm³/mol. The van der Waals surface area contributed by atoms with Gasteiger partial charge in [-0.3, -0.25) is 10.1 Å². The fraction of sp³-hybridized carbons (Fsp3) is 0.308. The van der Waals surface area contributed by atoms with Gasteiger partial charge >= 0.3 is 17.1 Å². The van der Waals surface area contributed by atoms with Crippen LogP contribution in [0.4, 0.5) is 11.5 Å². The number of rotatable bonds is 13. The minimum Gasteiger partial charge on any atom is -0.368 e. The van der Waals surface area contributed by atoms with E-state index in [9.17, 15) is 10.1 Å². The molecule has 3 aliphatic rings. The third kappa shape index (κ3) is 10.0. The number of para-hydroxylation sites is 2. The summed E-state index contributed by atoms with van der Waals surface area (Å²) in [5.41, 5.74) is 6.99. The molecule has 2 saturated carbocycles. The molecular formula is C39H45FeN7O2+2. The van der Waals surface area contributed by atoms with Crippen LogP contribution in [0.2, 0.25) is 0 Å². The first-order valence-electron chi connectivity index (χ1n) is 17.0. The Labute approximate surface area is 302 Å². The minimum absolute atomic E-state index is 0. The Hall–Kier alpha value is -3.01. The molecule has 10 radical (unpaired) electrons. The fourth-order valence-corrected chi connectivity index (χ4v) is 6.48. The number of fused-ring (bicyclic) bond motifs is 3. The molecule has 0 unspecified atom stereocenters. The van der Waals surface area contributed by atoms with Crippen LogP contribution in [0.5, 0.6) is 0 Å². The Balaban J connectivity index is 0.000000717. The number of aryl methyl sites for hydroxylation is 1. The van der Waals surface area contributed by atoms with Crippen molar-refractivity contribution in [3.63, 3.8) is 0 Å². The topological polar surface area (TPSA) is 91.0 Å². The van der Waals surface area contributed by atoms with Crippen molar-refractivity contribution in [3.05, 3.63) is 145 Å². The molecule has 2 aliphatic carbocycles. The van der Waals surface area contributed by atoms with Crippen LogP contribution in [0.3, 0.4) is 0 Å². The van der Waals surface area contributed by atoms with Crippen LogP contribution >= 0.6 is 0 Å². The number of aromatic nitrogens is 2.